The Morgan fingerprint density at radius 3 is 2.71 bits per heavy atom. The molecule has 1 saturated heterocycles. The van der Waals surface area contributed by atoms with E-state index in [0.29, 0.717) is 30.9 Å². The van der Waals surface area contributed by atoms with Crippen LogP contribution in [0.1, 0.15) is 49.7 Å². The second-order valence-corrected chi connectivity index (χ2v) is 6.56. The highest BCUT2D eigenvalue weighted by Crippen LogP contribution is 2.31. The van der Waals surface area contributed by atoms with Crippen LogP contribution in [0.15, 0.2) is 24.3 Å². The second kappa shape index (κ2) is 8.51. The topological polar surface area (TPSA) is 41.1 Å². The van der Waals surface area contributed by atoms with Crippen molar-refractivity contribution >= 4 is 5.91 Å². The van der Waals surface area contributed by atoms with Crippen LogP contribution < -0.4 is 10.6 Å². The molecule has 24 heavy (non-hydrogen) atoms. The van der Waals surface area contributed by atoms with Gasteiger partial charge in [-0.1, -0.05) is 25.1 Å². The van der Waals surface area contributed by atoms with Gasteiger partial charge in [0.2, 0.25) is 5.91 Å². The van der Waals surface area contributed by atoms with Crippen molar-refractivity contribution in [3.63, 3.8) is 0 Å². The third kappa shape index (κ3) is 5.82. The first-order chi connectivity index (χ1) is 11.4. The van der Waals surface area contributed by atoms with Crippen LogP contribution in [0.25, 0.3) is 0 Å². The fraction of sp³-hybridized carbons (Fsp3) is 0.611. The highest BCUT2D eigenvalue weighted by molar-refractivity contribution is 5.76. The molecule has 1 heterocycles. The van der Waals surface area contributed by atoms with E-state index in [1.165, 1.54) is 12.1 Å². The molecule has 6 heteroatoms. The molecule has 1 amide bonds. The number of piperidine rings is 1. The second-order valence-electron chi connectivity index (χ2n) is 6.56. The SMILES string of the molecule is C[C@H](CCNC(=O)CC1CCNCC1)c1cccc(C(F)(F)F)c1. The summed E-state index contributed by atoms with van der Waals surface area (Å²) in [6.45, 7) is 4.30. The van der Waals surface area contributed by atoms with Gasteiger partial charge in [-0.2, -0.15) is 13.2 Å². The lowest BCUT2D eigenvalue weighted by Crippen LogP contribution is -2.32. The molecule has 0 bridgehead atoms. The minimum atomic E-state index is -4.32. The Morgan fingerprint density at radius 1 is 1.33 bits per heavy atom. The molecule has 0 aromatic heterocycles. The zero-order valence-electron chi connectivity index (χ0n) is 14.0. The summed E-state index contributed by atoms with van der Waals surface area (Å²) in [6, 6.07) is 5.42. The van der Waals surface area contributed by atoms with Gasteiger partial charge in [0.1, 0.15) is 0 Å². The van der Waals surface area contributed by atoms with Crippen LogP contribution in [0.4, 0.5) is 13.2 Å². The monoisotopic (exact) mass is 342 g/mol. The number of hydrogen-bond donors (Lipinski definition) is 2. The van der Waals surface area contributed by atoms with E-state index in [1.54, 1.807) is 6.07 Å². The lowest BCUT2D eigenvalue weighted by atomic mass is 9.94. The van der Waals surface area contributed by atoms with Crippen LogP contribution >= 0.6 is 0 Å². The van der Waals surface area contributed by atoms with Crippen molar-refractivity contribution in [2.75, 3.05) is 19.6 Å². The minimum absolute atomic E-state index is 0.0357. The molecule has 1 aromatic rings. The first-order valence-electron chi connectivity index (χ1n) is 8.51. The Balaban J connectivity index is 1.76. The number of benzene rings is 1. The lowest BCUT2D eigenvalue weighted by Gasteiger charge is -2.22. The van der Waals surface area contributed by atoms with Gasteiger partial charge in [0, 0.05) is 13.0 Å². The summed E-state index contributed by atoms with van der Waals surface area (Å²) < 4.78 is 38.3. The van der Waals surface area contributed by atoms with Gasteiger partial charge in [-0.05, 0) is 55.8 Å². The third-order valence-electron chi connectivity index (χ3n) is 4.62. The van der Waals surface area contributed by atoms with E-state index >= 15 is 0 Å². The minimum Gasteiger partial charge on any atom is -0.356 e. The van der Waals surface area contributed by atoms with E-state index < -0.39 is 11.7 Å². The van der Waals surface area contributed by atoms with E-state index in [9.17, 15) is 18.0 Å². The number of rotatable bonds is 6. The van der Waals surface area contributed by atoms with Gasteiger partial charge in [-0.15, -0.1) is 0 Å². The molecule has 0 saturated carbocycles. The van der Waals surface area contributed by atoms with Crippen LogP contribution in [0.3, 0.4) is 0 Å². The van der Waals surface area contributed by atoms with Crippen molar-refractivity contribution < 1.29 is 18.0 Å². The number of alkyl halides is 3. The van der Waals surface area contributed by atoms with E-state index in [0.717, 1.165) is 32.0 Å². The smallest absolute Gasteiger partial charge is 0.356 e. The molecule has 1 aliphatic rings. The predicted molar refractivity (Wildman–Crippen MR) is 87.7 cm³/mol. The predicted octanol–water partition coefficient (Wildman–Crippen LogP) is 3.70. The largest absolute Gasteiger partial charge is 0.416 e. The van der Waals surface area contributed by atoms with E-state index in [4.69, 9.17) is 0 Å². The van der Waals surface area contributed by atoms with Crippen molar-refractivity contribution in [3.8, 4) is 0 Å². The van der Waals surface area contributed by atoms with Crippen molar-refractivity contribution in [2.45, 2.75) is 44.7 Å². The number of carbonyl (C=O) groups is 1. The Hall–Kier alpha value is -1.56. The van der Waals surface area contributed by atoms with Gasteiger partial charge in [0.15, 0.2) is 0 Å². The first-order valence-corrected chi connectivity index (χ1v) is 8.51. The molecular weight excluding hydrogens is 317 g/mol. The van der Waals surface area contributed by atoms with Gasteiger partial charge in [-0.3, -0.25) is 4.79 Å². The standard InChI is InChI=1S/C18H25F3N2O/c1-13(15-3-2-4-16(12-15)18(19,20)21)5-10-23-17(24)11-14-6-8-22-9-7-14/h2-4,12-14,22H,5-11H2,1H3,(H,23,24)/t13-/m1/s1. The molecule has 0 radical (unpaired) electrons. The van der Waals surface area contributed by atoms with Gasteiger partial charge in [0.25, 0.3) is 0 Å². The van der Waals surface area contributed by atoms with Gasteiger partial charge in [0.05, 0.1) is 5.56 Å². The molecule has 3 nitrogen and oxygen atoms in total. The molecule has 0 spiro atoms. The van der Waals surface area contributed by atoms with Crippen LogP contribution in [-0.2, 0) is 11.0 Å². The maximum absolute atomic E-state index is 12.8. The van der Waals surface area contributed by atoms with Gasteiger partial charge in [-0.25, -0.2) is 0 Å². The van der Waals surface area contributed by atoms with E-state index in [-0.39, 0.29) is 11.8 Å². The molecule has 1 aliphatic heterocycles. The zero-order valence-corrected chi connectivity index (χ0v) is 14.0. The molecule has 0 unspecified atom stereocenters. The highest BCUT2D eigenvalue weighted by atomic mass is 19.4. The summed E-state index contributed by atoms with van der Waals surface area (Å²) in [4.78, 5) is 11.9. The summed E-state index contributed by atoms with van der Waals surface area (Å²) in [5, 5.41) is 6.16. The van der Waals surface area contributed by atoms with Gasteiger partial charge < -0.3 is 10.6 Å². The molecule has 0 aliphatic carbocycles. The molecule has 134 valence electrons. The molecule has 2 rings (SSSR count). The maximum Gasteiger partial charge on any atom is 0.416 e. The fourth-order valence-corrected chi connectivity index (χ4v) is 3.04. The van der Waals surface area contributed by atoms with Crippen LogP contribution in [0.2, 0.25) is 0 Å². The average Bonchev–Trinajstić information content (AvgIpc) is 2.55. The molecule has 1 fully saturated rings. The Labute approximate surface area is 141 Å². The van der Waals surface area contributed by atoms with E-state index in [1.807, 2.05) is 6.92 Å². The summed E-state index contributed by atoms with van der Waals surface area (Å²) >= 11 is 0. The van der Waals surface area contributed by atoms with Crippen LogP contribution in [0, 0.1) is 5.92 Å². The zero-order chi connectivity index (χ0) is 17.6. The quantitative estimate of drug-likeness (QED) is 0.827. The summed E-state index contributed by atoms with van der Waals surface area (Å²) in [6.07, 6.45) is -1.11. The fourth-order valence-electron chi connectivity index (χ4n) is 3.04. The van der Waals surface area contributed by atoms with Crippen LogP contribution in [-0.4, -0.2) is 25.5 Å². The summed E-state index contributed by atoms with van der Waals surface area (Å²) in [7, 11) is 0. The van der Waals surface area contributed by atoms with E-state index in [2.05, 4.69) is 10.6 Å². The number of amides is 1. The molecular formula is C18H25F3N2O. The summed E-state index contributed by atoms with van der Waals surface area (Å²) in [5.41, 5.74) is 0.0271. The Kier molecular flexibility index (Phi) is 6.66. The molecule has 1 aromatic carbocycles. The number of hydrogen-bond acceptors (Lipinski definition) is 2. The van der Waals surface area contributed by atoms with Crippen molar-refractivity contribution in [2.24, 2.45) is 5.92 Å². The lowest BCUT2D eigenvalue weighted by molar-refractivity contribution is -0.137. The highest BCUT2D eigenvalue weighted by Gasteiger charge is 2.30. The molecule has 2 N–H and O–H groups in total. The van der Waals surface area contributed by atoms with Crippen molar-refractivity contribution in [1.82, 2.24) is 10.6 Å². The average molecular weight is 342 g/mol. The Bertz CT molecular complexity index is 539. The Morgan fingerprint density at radius 2 is 2.04 bits per heavy atom. The van der Waals surface area contributed by atoms with Crippen molar-refractivity contribution in [1.29, 1.82) is 0 Å². The van der Waals surface area contributed by atoms with Gasteiger partial charge >= 0.3 is 6.18 Å². The van der Waals surface area contributed by atoms with Crippen molar-refractivity contribution in [3.05, 3.63) is 35.4 Å². The normalized spacial score (nSPS) is 17.5. The number of carbonyl (C=O) groups excluding carboxylic acids is 1. The maximum atomic E-state index is 12.8. The third-order valence-corrected chi connectivity index (χ3v) is 4.62. The summed E-state index contributed by atoms with van der Waals surface area (Å²) in [5.74, 6) is 0.441. The number of halogens is 3. The first kappa shape index (κ1) is 18.8. The molecule has 1 atom stereocenters. The van der Waals surface area contributed by atoms with Crippen LogP contribution in [0.5, 0.6) is 0 Å². The number of nitrogens with one attached hydrogen (secondary N) is 2.